The standard InChI is InChI=1S/C21H17N5O2S2/c27-18(25-26-19(28)15-4-3-11-22-20(15)29)14-9-7-13(8-10-14)12-30-21-23-16-5-1-2-6-17(16)24-21/h1-11H,12H2,(H,22,29)(H,23,24)(H,25,27)(H,26,28). The molecule has 0 aliphatic carbocycles. The first-order valence-corrected chi connectivity index (χ1v) is 10.4. The highest BCUT2D eigenvalue weighted by atomic mass is 32.2. The number of hydrazine groups is 1. The number of fused-ring (bicyclic) bond motifs is 1. The number of hydrogen-bond donors (Lipinski definition) is 4. The topological polar surface area (TPSA) is 103 Å². The zero-order valence-electron chi connectivity index (χ0n) is 15.6. The summed E-state index contributed by atoms with van der Waals surface area (Å²) in [6.07, 6.45) is 1.63. The summed E-state index contributed by atoms with van der Waals surface area (Å²) in [4.78, 5) is 35.0. The maximum Gasteiger partial charge on any atom is 0.272 e. The van der Waals surface area contributed by atoms with Gasteiger partial charge in [0.25, 0.3) is 11.8 Å². The van der Waals surface area contributed by atoms with Gasteiger partial charge in [0.05, 0.1) is 16.6 Å². The predicted molar refractivity (Wildman–Crippen MR) is 119 cm³/mol. The van der Waals surface area contributed by atoms with Gasteiger partial charge in [-0.15, -0.1) is 0 Å². The average Bonchev–Trinajstić information content (AvgIpc) is 3.19. The average molecular weight is 436 g/mol. The van der Waals surface area contributed by atoms with Gasteiger partial charge in [0.2, 0.25) is 0 Å². The molecule has 0 bridgehead atoms. The predicted octanol–water partition coefficient (Wildman–Crippen LogP) is 3.99. The van der Waals surface area contributed by atoms with Crippen molar-refractivity contribution in [3.63, 3.8) is 0 Å². The van der Waals surface area contributed by atoms with E-state index in [1.54, 1.807) is 42.2 Å². The Morgan fingerprint density at radius 3 is 2.50 bits per heavy atom. The zero-order chi connectivity index (χ0) is 20.9. The van der Waals surface area contributed by atoms with E-state index in [9.17, 15) is 9.59 Å². The second kappa shape index (κ2) is 8.93. The molecule has 0 fully saturated rings. The van der Waals surface area contributed by atoms with Gasteiger partial charge in [0.1, 0.15) is 4.64 Å². The molecule has 2 amide bonds. The van der Waals surface area contributed by atoms with Crippen LogP contribution in [-0.2, 0) is 5.75 Å². The number of nitrogens with zero attached hydrogens (tertiary/aromatic N) is 1. The van der Waals surface area contributed by atoms with Crippen molar-refractivity contribution in [3.05, 3.63) is 88.2 Å². The SMILES string of the molecule is O=C(NNC(=O)c1ccc[nH]c1=S)c1ccc(CSc2nc3ccccc3[nH]2)cc1. The van der Waals surface area contributed by atoms with Gasteiger partial charge in [-0.3, -0.25) is 20.4 Å². The van der Waals surface area contributed by atoms with Crippen molar-refractivity contribution < 1.29 is 9.59 Å². The number of imidazole rings is 1. The van der Waals surface area contributed by atoms with Crippen LogP contribution in [0.5, 0.6) is 0 Å². The van der Waals surface area contributed by atoms with E-state index >= 15 is 0 Å². The van der Waals surface area contributed by atoms with Gasteiger partial charge < -0.3 is 9.97 Å². The molecule has 0 spiro atoms. The quantitative estimate of drug-likeness (QED) is 0.216. The smallest absolute Gasteiger partial charge is 0.272 e. The molecule has 9 heteroatoms. The Morgan fingerprint density at radius 1 is 0.967 bits per heavy atom. The molecule has 0 saturated heterocycles. The van der Waals surface area contributed by atoms with Crippen molar-refractivity contribution in [1.82, 2.24) is 25.8 Å². The van der Waals surface area contributed by atoms with E-state index in [4.69, 9.17) is 12.2 Å². The van der Waals surface area contributed by atoms with Crippen LogP contribution >= 0.6 is 24.0 Å². The number of aromatic amines is 2. The Kier molecular flexibility index (Phi) is 5.92. The molecule has 0 atom stereocenters. The molecule has 30 heavy (non-hydrogen) atoms. The molecule has 0 saturated carbocycles. The number of H-pyrrole nitrogens is 2. The van der Waals surface area contributed by atoms with E-state index in [-0.39, 0.29) is 5.56 Å². The minimum atomic E-state index is -0.482. The molecule has 4 rings (SSSR count). The molecular weight excluding hydrogens is 418 g/mol. The van der Waals surface area contributed by atoms with Crippen molar-refractivity contribution in [2.45, 2.75) is 10.9 Å². The van der Waals surface area contributed by atoms with Crippen molar-refractivity contribution in [2.75, 3.05) is 0 Å². The van der Waals surface area contributed by atoms with E-state index in [2.05, 4.69) is 25.8 Å². The number of aromatic nitrogens is 3. The summed E-state index contributed by atoms with van der Waals surface area (Å²) in [5.74, 6) is -0.181. The number of para-hydroxylation sites is 2. The summed E-state index contributed by atoms with van der Waals surface area (Å²) < 4.78 is 0.301. The second-order valence-corrected chi connectivity index (χ2v) is 7.74. The minimum absolute atomic E-state index is 0.283. The number of thioether (sulfide) groups is 1. The lowest BCUT2D eigenvalue weighted by molar-refractivity contribution is 0.0846. The number of amides is 2. The molecule has 0 aliphatic heterocycles. The summed E-state index contributed by atoms with van der Waals surface area (Å²) in [7, 11) is 0. The van der Waals surface area contributed by atoms with Crippen LogP contribution in [0.2, 0.25) is 0 Å². The Morgan fingerprint density at radius 2 is 1.73 bits per heavy atom. The lowest BCUT2D eigenvalue weighted by atomic mass is 10.1. The fourth-order valence-corrected chi connectivity index (χ4v) is 3.82. The third-order valence-corrected chi connectivity index (χ3v) is 5.59. The van der Waals surface area contributed by atoms with Crippen molar-refractivity contribution in [2.24, 2.45) is 0 Å². The van der Waals surface area contributed by atoms with Crippen LogP contribution in [0.25, 0.3) is 11.0 Å². The van der Waals surface area contributed by atoms with Gasteiger partial charge >= 0.3 is 0 Å². The highest BCUT2D eigenvalue weighted by Gasteiger charge is 2.11. The van der Waals surface area contributed by atoms with Gasteiger partial charge in [0.15, 0.2) is 5.16 Å². The summed E-state index contributed by atoms with van der Waals surface area (Å²) in [5, 5.41) is 0.847. The summed E-state index contributed by atoms with van der Waals surface area (Å²) >= 11 is 6.65. The Hall–Kier alpha value is -3.43. The fourth-order valence-electron chi connectivity index (χ4n) is 2.76. The normalized spacial score (nSPS) is 10.7. The Bertz CT molecular complexity index is 1230. The molecule has 0 radical (unpaired) electrons. The second-order valence-electron chi connectivity index (χ2n) is 6.37. The molecule has 7 nitrogen and oxygen atoms in total. The van der Waals surface area contributed by atoms with E-state index in [0.717, 1.165) is 21.8 Å². The number of hydrogen-bond acceptors (Lipinski definition) is 5. The number of pyridine rings is 1. The third-order valence-electron chi connectivity index (χ3n) is 4.31. The summed E-state index contributed by atoms with van der Waals surface area (Å²) in [6, 6.07) is 18.3. The molecule has 2 heterocycles. The number of benzene rings is 2. The Labute approximate surface area is 181 Å². The third kappa shape index (κ3) is 4.58. The lowest BCUT2D eigenvalue weighted by Gasteiger charge is -2.08. The van der Waals surface area contributed by atoms with Crippen molar-refractivity contribution in [1.29, 1.82) is 0 Å². The van der Waals surface area contributed by atoms with E-state index in [1.807, 2.05) is 36.4 Å². The zero-order valence-corrected chi connectivity index (χ0v) is 17.3. The highest BCUT2D eigenvalue weighted by Crippen LogP contribution is 2.23. The van der Waals surface area contributed by atoms with Crippen molar-refractivity contribution >= 4 is 46.8 Å². The first-order chi connectivity index (χ1) is 14.6. The molecule has 0 unspecified atom stereocenters. The number of nitrogens with one attached hydrogen (secondary N) is 4. The monoisotopic (exact) mass is 435 g/mol. The van der Waals surface area contributed by atoms with Gasteiger partial charge in [-0.25, -0.2) is 4.98 Å². The lowest BCUT2D eigenvalue weighted by Crippen LogP contribution is -2.41. The van der Waals surface area contributed by atoms with Crippen LogP contribution in [0.3, 0.4) is 0 Å². The molecule has 2 aromatic carbocycles. The molecular formula is C21H17N5O2S2. The minimum Gasteiger partial charge on any atom is -0.352 e. The largest absolute Gasteiger partial charge is 0.352 e. The summed E-state index contributed by atoms with van der Waals surface area (Å²) in [5.41, 5.74) is 8.48. The van der Waals surface area contributed by atoms with E-state index < -0.39 is 11.8 Å². The maximum atomic E-state index is 12.3. The van der Waals surface area contributed by atoms with Crippen LogP contribution < -0.4 is 10.9 Å². The van der Waals surface area contributed by atoms with Gasteiger partial charge in [-0.2, -0.15) is 0 Å². The van der Waals surface area contributed by atoms with Crippen LogP contribution in [0, 0.1) is 4.64 Å². The van der Waals surface area contributed by atoms with Crippen LogP contribution in [0.1, 0.15) is 26.3 Å². The highest BCUT2D eigenvalue weighted by molar-refractivity contribution is 7.98. The van der Waals surface area contributed by atoms with E-state index in [0.29, 0.717) is 16.0 Å². The van der Waals surface area contributed by atoms with E-state index in [1.165, 1.54) is 0 Å². The number of carbonyl (C=O) groups is 2. The molecule has 150 valence electrons. The van der Waals surface area contributed by atoms with Crippen LogP contribution in [-0.4, -0.2) is 26.8 Å². The first kappa shape index (κ1) is 19.9. The fraction of sp³-hybridized carbons (Fsp3) is 0.0476. The Balaban J connectivity index is 1.32. The first-order valence-electron chi connectivity index (χ1n) is 9.05. The van der Waals surface area contributed by atoms with Gasteiger partial charge in [-0.05, 0) is 42.0 Å². The number of carbonyl (C=O) groups excluding carboxylic acids is 2. The van der Waals surface area contributed by atoms with Crippen LogP contribution in [0.15, 0.2) is 72.0 Å². The maximum absolute atomic E-state index is 12.3. The van der Waals surface area contributed by atoms with Gasteiger partial charge in [0, 0.05) is 17.5 Å². The molecule has 0 aliphatic rings. The van der Waals surface area contributed by atoms with Crippen molar-refractivity contribution in [3.8, 4) is 0 Å². The molecule has 2 aromatic heterocycles. The molecule has 4 aromatic rings. The summed E-state index contributed by atoms with van der Waals surface area (Å²) in [6.45, 7) is 0. The van der Waals surface area contributed by atoms with Gasteiger partial charge in [-0.1, -0.05) is 48.2 Å². The molecule has 4 N–H and O–H groups in total. The van der Waals surface area contributed by atoms with Crippen LogP contribution in [0.4, 0.5) is 0 Å². The number of rotatable bonds is 5.